The van der Waals surface area contributed by atoms with E-state index in [0.717, 1.165) is 0 Å². The molecule has 0 aliphatic carbocycles. The van der Waals surface area contributed by atoms with Crippen LogP contribution in [0.15, 0.2) is 0 Å². The number of carbonyl (C=O) groups is 1. The van der Waals surface area contributed by atoms with Crippen molar-refractivity contribution in [2.24, 2.45) is 0 Å². The van der Waals surface area contributed by atoms with E-state index in [4.69, 9.17) is 4.74 Å². The third-order valence-corrected chi connectivity index (χ3v) is 2.49. The van der Waals surface area contributed by atoms with Gasteiger partial charge in [-0.05, 0) is 19.6 Å². The second-order valence-corrected chi connectivity index (χ2v) is 3.89. The zero-order chi connectivity index (χ0) is 10.3. The highest BCUT2D eigenvalue weighted by Gasteiger charge is 2.14. The Hall–Kier alpha value is -0.320. The third-order valence-electron chi connectivity index (χ3n) is 1.32. The van der Waals surface area contributed by atoms with Gasteiger partial charge >= 0.3 is 5.97 Å². The van der Waals surface area contributed by atoms with Gasteiger partial charge in [0.1, 0.15) is 0 Å². The number of rotatable bonds is 6. The van der Waals surface area contributed by atoms with Gasteiger partial charge < -0.3 is 4.74 Å². The van der Waals surface area contributed by atoms with Crippen molar-refractivity contribution in [1.82, 2.24) is 0 Å². The molecule has 0 aromatic heterocycles. The number of carbonyl (C=O) groups excluding carboxylic acids is 1. The smallest absolute Gasteiger partial charge is 0.318 e. The molecule has 0 bridgehead atoms. The summed E-state index contributed by atoms with van der Waals surface area (Å²) in [6.45, 7) is 3.71. The second kappa shape index (κ2) is 7.12. The predicted molar refractivity (Wildman–Crippen MR) is 49.2 cm³/mol. The van der Waals surface area contributed by atoms with Gasteiger partial charge in [-0.1, -0.05) is 0 Å². The number of hydrogen-bond donors (Lipinski definition) is 0. The van der Waals surface area contributed by atoms with Crippen molar-refractivity contribution in [2.45, 2.75) is 31.9 Å². The molecule has 78 valence electrons. The Balaban J connectivity index is 3.49. The molecule has 2 nitrogen and oxygen atoms in total. The Bertz CT molecular complexity index is 153. The molecule has 0 saturated heterocycles. The summed E-state index contributed by atoms with van der Waals surface area (Å²) in [6.07, 6.45) is -2.46. The Morgan fingerprint density at radius 2 is 2.15 bits per heavy atom. The molecular formula is C8H14F2O2S. The summed E-state index contributed by atoms with van der Waals surface area (Å²) in [7, 11) is 0. The van der Waals surface area contributed by atoms with Gasteiger partial charge in [0.15, 0.2) is 0 Å². The van der Waals surface area contributed by atoms with E-state index in [-0.39, 0.29) is 23.4 Å². The van der Waals surface area contributed by atoms with Gasteiger partial charge in [0.05, 0.1) is 11.9 Å². The highest BCUT2D eigenvalue weighted by atomic mass is 32.2. The van der Waals surface area contributed by atoms with E-state index in [0.29, 0.717) is 6.61 Å². The van der Waals surface area contributed by atoms with Crippen molar-refractivity contribution in [1.29, 1.82) is 0 Å². The molecule has 1 atom stereocenters. The number of esters is 1. The molecule has 0 saturated carbocycles. The number of alkyl halides is 2. The number of ether oxygens (including phenoxy) is 1. The van der Waals surface area contributed by atoms with Gasteiger partial charge in [0.2, 0.25) is 6.43 Å². The van der Waals surface area contributed by atoms with Crippen LogP contribution in [0.4, 0.5) is 8.78 Å². The average molecular weight is 212 g/mol. The first-order valence-electron chi connectivity index (χ1n) is 4.14. The topological polar surface area (TPSA) is 26.3 Å². The molecule has 0 amide bonds. The fraction of sp³-hybridized carbons (Fsp3) is 0.875. The van der Waals surface area contributed by atoms with E-state index in [2.05, 4.69) is 0 Å². The van der Waals surface area contributed by atoms with Crippen LogP contribution in [0.2, 0.25) is 0 Å². The lowest BCUT2D eigenvalue weighted by Gasteiger charge is -2.09. The lowest BCUT2D eigenvalue weighted by atomic mass is 10.5. The second-order valence-electron chi connectivity index (χ2n) is 2.44. The van der Waals surface area contributed by atoms with E-state index >= 15 is 0 Å². The van der Waals surface area contributed by atoms with Gasteiger partial charge in [-0.25, -0.2) is 8.78 Å². The van der Waals surface area contributed by atoms with Crippen LogP contribution >= 0.6 is 11.8 Å². The number of hydrogen-bond acceptors (Lipinski definition) is 3. The Kier molecular flexibility index (Phi) is 6.94. The van der Waals surface area contributed by atoms with Crippen molar-refractivity contribution in [2.75, 3.05) is 12.4 Å². The maximum atomic E-state index is 11.7. The first-order chi connectivity index (χ1) is 6.07. The van der Waals surface area contributed by atoms with E-state index in [9.17, 15) is 13.6 Å². The minimum atomic E-state index is -2.29. The van der Waals surface area contributed by atoms with Gasteiger partial charge in [-0.3, -0.25) is 4.79 Å². The molecular weight excluding hydrogens is 198 g/mol. The minimum Gasteiger partial charge on any atom is -0.465 e. The van der Waals surface area contributed by atoms with Gasteiger partial charge in [0.25, 0.3) is 0 Å². The monoisotopic (exact) mass is 212 g/mol. The van der Waals surface area contributed by atoms with Gasteiger partial charge in [-0.2, -0.15) is 0 Å². The molecule has 1 unspecified atom stereocenters. The molecule has 0 heterocycles. The van der Waals surface area contributed by atoms with Crippen molar-refractivity contribution in [3.63, 3.8) is 0 Å². The molecule has 0 N–H and O–H groups in total. The molecule has 0 radical (unpaired) electrons. The van der Waals surface area contributed by atoms with E-state index < -0.39 is 6.43 Å². The number of halogens is 2. The normalized spacial score (nSPS) is 13.0. The molecule has 5 heteroatoms. The van der Waals surface area contributed by atoms with Crippen LogP contribution in [0.3, 0.4) is 0 Å². The molecule has 0 aliphatic rings. The quantitative estimate of drug-likeness (QED) is 0.632. The van der Waals surface area contributed by atoms with Crippen molar-refractivity contribution >= 4 is 17.7 Å². The van der Waals surface area contributed by atoms with Crippen LogP contribution < -0.4 is 0 Å². The van der Waals surface area contributed by atoms with Gasteiger partial charge in [0, 0.05) is 6.42 Å². The largest absolute Gasteiger partial charge is 0.465 e. The van der Waals surface area contributed by atoms with Crippen LogP contribution in [0.5, 0.6) is 0 Å². The van der Waals surface area contributed by atoms with Crippen molar-refractivity contribution < 1.29 is 18.3 Å². The van der Waals surface area contributed by atoms with Crippen molar-refractivity contribution in [3.05, 3.63) is 0 Å². The van der Waals surface area contributed by atoms with Crippen molar-refractivity contribution in [3.8, 4) is 0 Å². The first-order valence-corrected chi connectivity index (χ1v) is 5.19. The summed E-state index contributed by atoms with van der Waals surface area (Å²) in [5, 5.41) is -0.348. The van der Waals surface area contributed by atoms with Gasteiger partial charge in [-0.15, -0.1) is 11.8 Å². The fourth-order valence-electron chi connectivity index (χ4n) is 0.662. The predicted octanol–water partition coefficient (Wildman–Crippen LogP) is 2.33. The molecule has 0 aromatic rings. The van der Waals surface area contributed by atoms with E-state index in [1.54, 1.807) is 13.8 Å². The lowest BCUT2D eigenvalue weighted by Crippen LogP contribution is -2.17. The summed E-state index contributed by atoms with van der Waals surface area (Å²) in [4.78, 5) is 11.0. The zero-order valence-electron chi connectivity index (χ0n) is 7.76. The molecule has 0 fully saturated rings. The Labute approximate surface area is 81.0 Å². The Morgan fingerprint density at radius 3 is 2.62 bits per heavy atom. The van der Waals surface area contributed by atoms with Crippen LogP contribution in [0, 0.1) is 0 Å². The van der Waals surface area contributed by atoms with E-state index in [1.807, 2.05) is 0 Å². The Morgan fingerprint density at radius 1 is 1.54 bits per heavy atom. The lowest BCUT2D eigenvalue weighted by molar-refractivity contribution is -0.142. The summed E-state index contributed by atoms with van der Waals surface area (Å²) in [5.41, 5.74) is 0. The summed E-state index contributed by atoms with van der Waals surface area (Å²) in [6, 6.07) is 0. The SMILES string of the molecule is CCOC(=O)C(C)SCCC(F)F. The number of thioether (sulfide) groups is 1. The fourth-order valence-corrected chi connectivity index (χ4v) is 1.53. The maximum absolute atomic E-state index is 11.7. The molecule has 13 heavy (non-hydrogen) atoms. The van der Waals surface area contributed by atoms with Crippen LogP contribution in [-0.4, -0.2) is 30.0 Å². The van der Waals surface area contributed by atoms with Crippen LogP contribution in [0.1, 0.15) is 20.3 Å². The summed E-state index contributed by atoms with van der Waals surface area (Å²) >= 11 is 1.20. The third kappa shape index (κ3) is 6.81. The average Bonchev–Trinajstić information content (AvgIpc) is 2.04. The molecule has 0 rings (SSSR count). The highest BCUT2D eigenvalue weighted by molar-refractivity contribution is 8.00. The maximum Gasteiger partial charge on any atom is 0.318 e. The van der Waals surface area contributed by atoms with E-state index in [1.165, 1.54) is 11.8 Å². The summed E-state index contributed by atoms with van der Waals surface area (Å²) < 4.78 is 28.1. The molecule has 0 aromatic carbocycles. The molecule has 0 aliphatic heterocycles. The minimum absolute atomic E-state index is 0.172. The standard InChI is InChI=1S/C8H14F2O2S/c1-3-12-8(11)6(2)13-5-4-7(9)10/h6-7H,3-5H2,1-2H3. The van der Waals surface area contributed by atoms with Crippen LogP contribution in [0.25, 0.3) is 0 Å². The summed E-state index contributed by atoms with van der Waals surface area (Å²) in [5.74, 6) is -0.0424. The molecule has 0 spiro atoms. The zero-order valence-corrected chi connectivity index (χ0v) is 8.57. The van der Waals surface area contributed by atoms with Crippen LogP contribution in [-0.2, 0) is 9.53 Å². The first kappa shape index (κ1) is 12.7. The highest BCUT2D eigenvalue weighted by Crippen LogP contribution is 2.15.